The van der Waals surface area contributed by atoms with Crippen LogP contribution in [0.25, 0.3) is 10.9 Å². The van der Waals surface area contributed by atoms with Crippen molar-refractivity contribution in [2.45, 2.75) is 32.4 Å². The Morgan fingerprint density at radius 2 is 2.41 bits per heavy atom. The van der Waals surface area contributed by atoms with E-state index in [1.54, 1.807) is 12.1 Å². The summed E-state index contributed by atoms with van der Waals surface area (Å²) in [6.45, 7) is 4.09. The number of aromatic hydroxyl groups is 1. The topological polar surface area (TPSA) is 50.1 Å². The Balaban J connectivity index is 1.96. The summed E-state index contributed by atoms with van der Waals surface area (Å²) >= 11 is 0. The second-order valence-electron chi connectivity index (χ2n) is 4.76. The molecular formula is C13H17N3O. The molecule has 1 atom stereocenters. The Morgan fingerprint density at radius 1 is 1.53 bits per heavy atom. The van der Waals surface area contributed by atoms with Gasteiger partial charge in [0.15, 0.2) is 0 Å². The van der Waals surface area contributed by atoms with Crippen LogP contribution in [0, 0.1) is 6.92 Å². The van der Waals surface area contributed by atoms with Crippen molar-refractivity contribution in [2.24, 2.45) is 0 Å². The SMILES string of the molecule is Cc1c2cc(O)ccc2nn1CC1CCCN1. The van der Waals surface area contributed by atoms with E-state index in [9.17, 15) is 5.11 Å². The average Bonchev–Trinajstić information content (AvgIpc) is 2.91. The fraction of sp³-hybridized carbons (Fsp3) is 0.462. The number of rotatable bonds is 2. The lowest BCUT2D eigenvalue weighted by Gasteiger charge is -2.11. The standard InChI is InChI=1S/C13H17N3O/c1-9-12-7-11(17)4-5-13(12)15-16(9)8-10-3-2-6-14-10/h4-5,7,10,14,17H,2-3,6,8H2,1H3. The highest BCUT2D eigenvalue weighted by atomic mass is 16.3. The molecule has 1 aromatic carbocycles. The van der Waals surface area contributed by atoms with Crippen LogP contribution in [0.5, 0.6) is 5.75 Å². The van der Waals surface area contributed by atoms with Gasteiger partial charge in [0, 0.05) is 17.1 Å². The maximum Gasteiger partial charge on any atom is 0.116 e. The monoisotopic (exact) mass is 231 g/mol. The summed E-state index contributed by atoms with van der Waals surface area (Å²) in [5.74, 6) is 0.305. The number of hydrogen-bond acceptors (Lipinski definition) is 3. The summed E-state index contributed by atoms with van der Waals surface area (Å²) in [4.78, 5) is 0. The molecule has 4 heteroatoms. The van der Waals surface area contributed by atoms with Gasteiger partial charge in [0.25, 0.3) is 0 Å². The van der Waals surface area contributed by atoms with Crippen molar-refractivity contribution in [3.8, 4) is 5.75 Å². The number of phenols is 1. The molecule has 17 heavy (non-hydrogen) atoms. The highest BCUT2D eigenvalue weighted by molar-refractivity contribution is 5.82. The lowest BCUT2D eigenvalue weighted by molar-refractivity contribution is 0.471. The van der Waals surface area contributed by atoms with Gasteiger partial charge in [0.1, 0.15) is 5.75 Å². The molecule has 2 heterocycles. The molecule has 1 unspecified atom stereocenters. The van der Waals surface area contributed by atoms with Gasteiger partial charge < -0.3 is 10.4 Å². The van der Waals surface area contributed by atoms with E-state index >= 15 is 0 Å². The molecule has 1 aliphatic heterocycles. The molecule has 90 valence electrons. The predicted octanol–water partition coefficient (Wildman–Crippen LogP) is 1.80. The zero-order valence-electron chi connectivity index (χ0n) is 9.98. The van der Waals surface area contributed by atoms with Crippen molar-refractivity contribution in [3.63, 3.8) is 0 Å². The molecule has 2 aromatic rings. The van der Waals surface area contributed by atoms with Gasteiger partial charge in [-0.05, 0) is 44.5 Å². The van der Waals surface area contributed by atoms with Crippen molar-refractivity contribution >= 4 is 10.9 Å². The summed E-state index contributed by atoms with van der Waals surface area (Å²) in [6.07, 6.45) is 2.48. The van der Waals surface area contributed by atoms with Crippen molar-refractivity contribution in [3.05, 3.63) is 23.9 Å². The minimum atomic E-state index is 0.305. The molecule has 3 rings (SSSR count). The van der Waals surface area contributed by atoms with E-state index < -0.39 is 0 Å². The third-order valence-corrected chi connectivity index (χ3v) is 3.54. The minimum absolute atomic E-state index is 0.305. The van der Waals surface area contributed by atoms with Gasteiger partial charge in [0.05, 0.1) is 12.1 Å². The summed E-state index contributed by atoms with van der Waals surface area (Å²) in [5, 5.41) is 18.6. The van der Waals surface area contributed by atoms with Crippen LogP contribution in [0.2, 0.25) is 0 Å². The molecule has 2 N–H and O–H groups in total. The van der Waals surface area contributed by atoms with Gasteiger partial charge in [-0.3, -0.25) is 4.68 Å². The molecule has 1 fully saturated rings. The maximum atomic E-state index is 9.50. The second kappa shape index (κ2) is 4.04. The van der Waals surface area contributed by atoms with Gasteiger partial charge in [-0.15, -0.1) is 0 Å². The molecule has 0 amide bonds. The predicted molar refractivity (Wildman–Crippen MR) is 67.2 cm³/mol. The molecule has 0 spiro atoms. The molecule has 1 saturated heterocycles. The summed E-state index contributed by atoms with van der Waals surface area (Å²) in [7, 11) is 0. The minimum Gasteiger partial charge on any atom is -0.508 e. The number of phenolic OH excluding ortho intramolecular Hbond substituents is 1. The summed E-state index contributed by atoms with van der Waals surface area (Å²) in [6, 6.07) is 5.89. The fourth-order valence-electron chi connectivity index (χ4n) is 2.54. The highest BCUT2D eigenvalue weighted by Crippen LogP contribution is 2.23. The zero-order valence-corrected chi connectivity index (χ0v) is 9.98. The van der Waals surface area contributed by atoms with Crippen LogP contribution in [0.3, 0.4) is 0 Å². The molecule has 1 aromatic heterocycles. The number of nitrogens with zero attached hydrogens (tertiary/aromatic N) is 2. The van der Waals surface area contributed by atoms with Gasteiger partial charge in [-0.25, -0.2) is 0 Å². The van der Waals surface area contributed by atoms with E-state index in [1.165, 1.54) is 12.8 Å². The third kappa shape index (κ3) is 1.89. The fourth-order valence-corrected chi connectivity index (χ4v) is 2.54. The lowest BCUT2D eigenvalue weighted by Crippen LogP contribution is -2.27. The maximum absolute atomic E-state index is 9.50. The Bertz CT molecular complexity index is 541. The van der Waals surface area contributed by atoms with E-state index in [0.717, 1.165) is 29.7 Å². The first-order valence-corrected chi connectivity index (χ1v) is 6.13. The summed E-state index contributed by atoms with van der Waals surface area (Å²) < 4.78 is 2.05. The molecular weight excluding hydrogens is 214 g/mol. The van der Waals surface area contributed by atoms with E-state index in [0.29, 0.717) is 11.8 Å². The van der Waals surface area contributed by atoms with E-state index in [1.807, 2.05) is 10.7 Å². The molecule has 0 saturated carbocycles. The molecule has 0 aliphatic carbocycles. The molecule has 0 bridgehead atoms. The highest BCUT2D eigenvalue weighted by Gasteiger charge is 2.17. The molecule has 1 aliphatic rings. The van der Waals surface area contributed by atoms with E-state index in [4.69, 9.17) is 0 Å². The first-order valence-electron chi connectivity index (χ1n) is 6.13. The number of hydrogen-bond donors (Lipinski definition) is 2. The van der Waals surface area contributed by atoms with Crippen LogP contribution in [0.15, 0.2) is 18.2 Å². The van der Waals surface area contributed by atoms with Crippen molar-refractivity contribution in [1.82, 2.24) is 15.1 Å². The van der Waals surface area contributed by atoms with Crippen LogP contribution in [-0.2, 0) is 6.54 Å². The van der Waals surface area contributed by atoms with Crippen LogP contribution in [-0.4, -0.2) is 27.5 Å². The number of aromatic nitrogens is 2. The van der Waals surface area contributed by atoms with Gasteiger partial charge >= 0.3 is 0 Å². The van der Waals surface area contributed by atoms with Gasteiger partial charge in [0.2, 0.25) is 0 Å². The Hall–Kier alpha value is -1.55. The van der Waals surface area contributed by atoms with Gasteiger partial charge in [-0.2, -0.15) is 5.10 Å². The Labute approximate surface area is 100 Å². The smallest absolute Gasteiger partial charge is 0.116 e. The first-order chi connectivity index (χ1) is 8.24. The van der Waals surface area contributed by atoms with Crippen molar-refractivity contribution in [1.29, 1.82) is 0 Å². The Kier molecular flexibility index (Phi) is 2.52. The molecule has 0 radical (unpaired) electrons. The van der Waals surface area contributed by atoms with Crippen molar-refractivity contribution in [2.75, 3.05) is 6.54 Å². The summed E-state index contributed by atoms with van der Waals surface area (Å²) in [5.41, 5.74) is 2.09. The number of aryl methyl sites for hydroxylation is 1. The largest absolute Gasteiger partial charge is 0.508 e. The van der Waals surface area contributed by atoms with E-state index in [2.05, 4.69) is 17.3 Å². The lowest BCUT2D eigenvalue weighted by atomic mass is 10.2. The molecule has 4 nitrogen and oxygen atoms in total. The normalized spacial score (nSPS) is 20.2. The van der Waals surface area contributed by atoms with Crippen LogP contribution in [0.4, 0.5) is 0 Å². The van der Waals surface area contributed by atoms with Gasteiger partial charge in [-0.1, -0.05) is 0 Å². The average molecular weight is 231 g/mol. The van der Waals surface area contributed by atoms with Crippen LogP contribution < -0.4 is 5.32 Å². The van der Waals surface area contributed by atoms with Crippen LogP contribution >= 0.6 is 0 Å². The zero-order chi connectivity index (χ0) is 11.8. The quantitative estimate of drug-likeness (QED) is 0.828. The van der Waals surface area contributed by atoms with E-state index in [-0.39, 0.29) is 0 Å². The number of fused-ring (bicyclic) bond motifs is 1. The Morgan fingerprint density at radius 3 is 3.18 bits per heavy atom. The second-order valence-corrected chi connectivity index (χ2v) is 4.76. The van der Waals surface area contributed by atoms with Crippen molar-refractivity contribution < 1.29 is 5.11 Å². The number of nitrogens with one attached hydrogen (secondary N) is 1. The third-order valence-electron chi connectivity index (χ3n) is 3.54. The first kappa shape index (κ1) is 10.6. The number of benzene rings is 1. The van der Waals surface area contributed by atoms with Crippen LogP contribution in [0.1, 0.15) is 18.5 Å².